The van der Waals surface area contributed by atoms with Crippen LogP contribution in [0.2, 0.25) is 0 Å². The Balaban J connectivity index is 2.27. The van der Waals surface area contributed by atoms with E-state index in [4.69, 9.17) is 0 Å². The summed E-state index contributed by atoms with van der Waals surface area (Å²) in [6.45, 7) is 1.77. The summed E-state index contributed by atoms with van der Waals surface area (Å²) in [5.74, 6) is -0.858. The van der Waals surface area contributed by atoms with Crippen molar-refractivity contribution in [3.63, 3.8) is 0 Å². The van der Waals surface area contributed by atoms with Crippen molar-refractivity contribution in [2.45, 2.75) is 6.92 Å². The van der Waals surface area contributed by atoms with E-state index >= 15 is 0 Å². The van der Waals surface area contributed by atoms with E-state index in [0.29, 0.717) is 16.9 Å². The van der Waals surface area contributed by atoms with Crippen LogP contribution in [0.3, 0.4) is 0 Å². The molecule has 98 valence electrons. The lowest BCUT2D eigenvalue weighted by Gasteiger charge is -2.08. The van der Waals surface area contributed by atoms with Gasteiger partial charge in [0.2, 0.25) is 0 Å². The van der Waals surface area contributed by atoms with Gasteiger partial charge in [0, 0.05) is 0 Å². The van der Waals surface area contributed by atoms with Crippen LogP contribution in [-0.4, -0.2) is 29.2 Å². The van der Waals surface area contributed by atoms with Crippen molar-refractivity contribution in [3.8, 4) is 0 Å². The van der Waals surface area contributed by atoms with Gasteiger partial charge in [-0.1, -0.05) is 12.1 Å². The maximum Gasteiger partial charge on any atom is 0.339 e. The van der Waals surface area contributed by atoms with Crippen molar-refractivity contribution in [1.82, 2.24) is 10.2 Å². The van der Waals surface area contributed by atoms with Crippen molar-refractivity contribution in [2.75, 3.05) is 12.4 Å². The quantitative estimate of drug-likeness (QED) is 0.822. The van der Waals surface area contributed by atoms with Crippen LogP contribution >= 0.6 is 0 Å². The molecule has 0 bridgehead atoms. The van der Waals surface area contributed by atoms with Crippen LogP contribution in [0.25, 0.3) is 0 Å². The standard InChI is InChI=1S/C13H13N3O3/c1-8-7-14-16-11(8)12(17)15-10-6-4-3-5-9(10)13(18)19-2/h3-7H,1-2H3,(H,14,16)(H,15,17). The van der Waals surface area contributed by atoms with E-state index in [0.717, 1.165) is 5.56 Å². The SMILES string of the molecule is COC(=O)c1ccccc1NC(=O)c1[nH]ncc1C. The first-order chi connectivity index (χ1) is 9.13. The molecule has 6 nitrogen and oxygen atoms in total. The smallest absolute Gasteiger partial charge is 0.339 e. The highest BCUT2D eigenvalue weighted by atomic mass is 16.5. The van der Waals surface area contributed by atoms with Gasteiger partial charge in [-0.05, 0) is 24.6 Å². The average Bonchev–Trinajstić information content (AvgIpc) is 2.85. The van der Waals surface area contributed by atoms with Gasteiger partial charge in [-0.25, -0.2) is 4.79 Å². The van der Waals surface area contributed by atoms with Crippen LogP contribution in [0, 0.1) is 6.92 Å². The first kappa shape index (κ1) is 12.8. The maximum absolute atomic E-state index is 12.0. The number of hydrogen-bond acceptors (Lipinski definition) is 4. The number of H-pyrrole nitrogens is 1. The number of nitrogens with zero attached hydrogens (tertiary/aromatic N) is 1. The normalized spacial score (nSPS) is 10.0. The fourth-order valence-corrected chi connectivity index (χ4v) is 1.64. The number of carbonyl (C=O) groups is 2. The Kier molecular flexibility index (Phi) is 3.61. The van der Waals surface area contributed by atoms with Gasteiger partial charge in [0.15, 0.2) is 0 Å². The van der Waals surface area contributed by atoms with E-state index in [2.05, 4.69) is 20.3 Å². The minimum atomic E-state index is -0.503. The van der Waals surface area contributed by atoms with Gasteiger partial charge in [-0.2, -0.15) is 5.10 Å². The summed E-state index contributed by atoms with van der Waals surface area (Å²) in [5.41, 5.74) is 1.79. The van der Waals surface area contributed by atoms with Crippen molar-refractivity contribution < 1.29 is 14.3 Å². The second-order valence-corrected chi connectivity index (χ2v) is 3.92. The number of benzene rings is 1. The number of hydrogen-bond donors (Lipinski definition) is 2. The second kappa shape index (κ2) is 5.34. The number of ether oxygens (including phenoxy) is 1. The Morgan fingerprint density at radius 1 is 1.32 bits per heavy atom. The third-order valence-electron chi connectivity index (χ3n) is 2.64. The predicted octanol–water partition coefficient (Wildman–Crippen LogP) is 1.76. The molecule has 2 rings (SSSR count). The third-order valence-corrected chi connectivity index (χ3v) is 2.64. The third kappa shape index (κ3) is 2.62. The molecule has 0 unspecified atom stereocenters. The molecule has 0 aliphatic carbocycles. The molecule has 2 aromatic rings. The highest BCUT2D eigenvalue weighted by Gasteiger charge is 2.16. The van der Waals surface area contributed by atoms with Gasteiger partial charge in [-0.3, -0.25) is 9.89 Å². The van der Waals surface area contributed by atoms with Crippen LogP contribution in [0.15, 0.2) is 30.5 Å². The van der Waals surface area contributed by atoms with Crippen molar-refractivity contribution in [2.24, 2.45) is 0 Å². The molecule has 1 aromatic heterocycles. The van der Waals surface area contributed by atoms with Crippen molar-refractivity contribution in [1.29, 1.82) is 0 Å². The molecule has 0 aliphatic rings. The zero-order chi connectivity index (χ0) is 13.8. The first-order valence-electron chi connectivity index (χ1n) is 5.62. The number of aromatic amines is 1. The number of aromatic nitrogens is 2. The second-order valence-electron chi connectivity index (χ2n) is 3.92. The van der Waals surface area contributed by atoms with E-state index in [1.54, 1.807) is 37.4 Å². The molecule has 0 fully saturated rings. The van der Waals surface area contributed by atoms with Gasteiger partial charge < -0.3 is 10.1 Å². The van der Waals surface area contributed by atoms with E-state index in [9.17, 15) is 9.59 Å². The van der Waals surface area contributed by atoms with Gasteiger partial charge in [-0.15, -0.1) is 0 Å². The van der Waals surface area contributed by atoms with Crippen LogP contribution < -0.4 is 5.32 Å². The average molecular weight is 259 g/mol. The fraction of sp³-hybridized carbons (Fsp3) is 0.154. The molecule has 0 radical (unpaired) electrons. The molecule has 0 saturated heterocycles. The van der Waals surface area contributed by atoms with Crippen molar-refractivity contribution in [3.05, 3.63) is 47.3 Å². The molecule has 0 atom stereocenters. The van der Waals surface area contributed by atoms with E-state index in [1.165, 1.54) is 7.11 Å². The molecule has 1 heterocycles. The molecular formula is C13H13N3O3. The molecule has 6 heteroatoms. The lowest BCUT2D eigenvalue weighted by atomic mass is 10.1. The summed E-state index contributed by atoms with van der Waals surface area (Å²) in [6, 6.07) is 6.64. The molecule has 19 heavy (non-hydrogen) atoms. The number of aryl methyl sites for hydroxylation is 1. The Morgan fingerprint density at radius 2 is 2.05 bits per heavy atom. The number of amides is 1. The number of anilines is 1. The lowest BCUT2D eigenvalue weighted by molar-refractivity contribution is 0.0602. The predicted molar refractivity (Wildman–Crippen MR) is 69.1 cm³/mol. The van der Waals surface area contributed by atoms with Crippen LogP contribution in [0.1, 0.15) is 26.4 Å². The topological polar surface area (TPSA) is 84.1 Å². The van der Waals surface area contributed by atoms with Crippen LogP contribution in [-0.2, 0) is 4.74 Å². The maximum atomic E-state index is 12.0. The summed E-state index contributed by atoms with van der Waals surface area (Å²) in [7, 11) is 1.29. The summed E-state index contributed by atoms with van der Waals surface area (Å²) in [5, 5.41) is 9.05. The molecule has 2 N–H and O–H groups in total. The summed E-state index contributed by atoms with van der Waals surface area (Å²) >= 11 is 0. The van der Waals surface area contributed by atoms with Gasteiger partial charge >= 0.3 is 5.97 Å². The first-order valence-corrected chi connectivity index (χ1v) is 5.62. The monoisotopic (exact) mass is 259 g/mol. The molecule has 0 saturated carbocycles. The number of rotatable bonds is 3. The Morgan fingerprint density at radius 3 is 2.68 bits per heavy atom. The largest absolute Gasteiger partial charge is 0.465 e. The molecule has 0 spiro atoms. The Hall–Kier alpha value is -2.63. The van der Waals surface area contributed by atoms with Crippen LogP contribution in [0.5, 0.6) is 0 Å². The molecule has 0 aliphatic heterocycles. The molecule has 1 aromatic carbocycles. The number of methoxy groups -OCH3 is 1. The number of para-hydroxylation sites is 1. The minimum Gasteiger partial charge on any atom is -0.465 e. The Labute approximate surface area is 109 Å². The van der Waals surface area contributed by atoms with E-state index in [1.807, 2.05) is 0 Å². The van der Waals surface area contributed by atoms with E-state index in [-0.39, 0.29) is 5.91 Å². The van der Waals surface area contributed by atoms with Gasteiger partial charge in [0.1, 0.15) is 5.69 Å². The number of carbonyl (C=O) groups excluding carboxylic acids is 2. The number of esters is 1. The lowest BCUT2D eigenvalue weighted by Crippen LogP contribution is -2.16. The Bertz CT molecular complexity index is 619. The van der Waals surface area contributed by atoms with Gasteiger partial charge in [0.05, 0.1) is 24.6 Å². The minimum absolute atomic E-state index is 0.301. The summed E-state index contributed by atoms with van der Waals surface area (Å²) in [6.07, 6.45) is 1.56. The van der Waals surface area contributed by atoms with E-state index < -0.39 is 5.97 Å². The molecule has 1 amide bonds. The highest BCUT2D eigenvalue weighted by molar-refractivity contribution is 6.07. The number of nitrogens with one attached hydrogen (secondary N) is 2. The zero-order valence-electron chi connectivity index (χ0n) is 10.6. The van der Waals surface area contributed by atoms with Crippen LogP contribution in [0.4, 0.5) is 5.69 Å². The molecular weight excluding hydrogens is 246 g/mol. The summed E-state index contributed by atoms with van der Waals surface area (Å²) < 4.78 is 4.66. The van der Waals surface area contributed by atoms with Gasteiger partial charge in [0.25, 0.3) is 5.91 Å². The summed E-state index contributed by atoms with van der Waals surface area (Å²) in [4.78, 5) is 23.6. The van der Waals surface area contributed by atoms with Crippen molar-refractivity contribution >= 4 is 17.6 Å². The highest BCUT2D eigenvalue weighted by Crippen LogP contribution is 2.17. The fourth-order valence-electron chi connectivity index (χ4n) is 1.64. The zero-order valence-corrected chi connectivity index (χ0v) is 10.6.